The lowest BCUT2D eigenvalue weighted by Crippen LogP contribution is -2.21. The fourth-order valence-electron chi connectivity index (χ4n) is 3.49. The minimum Gasteiger partial charge on any atom is -0.507 e. The molecule has 0 saturated carbocycles. The molecule has 8 nitrogen and oxygen atoms in total. The lowest BCUT2D eigenvalue weighted by Gasteiger charge is -2.07. The first-order chi connectivity index (χ1) is 14.9. The molecular formula is C23H17N3O5. The summed E-state index contributed by atoms with van der Waals surface area (Å²) in [6.45, 7) is 3.13. The second-order valence-electron chi connectivity index (χ2n) is 7.22. The summed E-state index contributed by atoms with van der Waals surface area (Å²) < 4.78 is 12.7. The third kappa shape index (κ3) is 3.05. The van der Waals surface area contributed by atoms with Crippen LogP contribution < -0.4 is 11.1 Å². The number of fused-ring (bicyclic) bond motifs is 2. The number of rotatable bonds is 3. The lowest BCUT2D eigenvalue weighted by atomic mass is 10.1. The van der Waals surface area contributed by atoms with Crippen LogP contribution in [0.5, 0.6) is 5.75 Å². The van der Waals surface area contributed by atoms with Crippen LogP contribution in [0.4, 0.5) is 0 Å². The second kappa shape index (κ2) is 6.88. The van der Waals surface area contributed by atoms with E-state index in [-0.39, 0.29) is 28.7 Å². The van der Waals surface area contributed by atoms with Crippen molar-refractivity contribution < 1.29 is 18.7 Å². The van der Waals surface area contributed by atoms with Crippen molar-refractivity contribution >= 4 is 27.9 Å². The lowest BCUT2D eigenvalue weighted by molar-refractivity contribution is 0.101. The number of nitrogens with one attached hydrogen (secondary N) is 1. The van der Waals surface area contributed by atoms with E-state index in [2.05, 4.69) is 10.4 Å². The van der Waals surface area contributed by atoms with Crippen molar-refractivity contribution in [3.63, 3.8) is 0 Å². The van der Waals surface area contributed by atoms with Gasteiger partial charge in [-0.1, -0.05) is 12.1 Å². The number of benzene rings is 2. The molecule has 0 aliphatic heterocycles. The van der Waals surface area contributed by atoms with Crippen LogP contribution in [-0.2, 0) is 0 Å². The summed E-state index contributed by atoms with van der Waals surface area (Å²) in [7, 11) is 0. The van der Waals surface area contributed by atoms with Gasteiger partial charge < -0.3 is 13.9 Å². The van der Waals surface area contributed by atoms with Crippen molar-refractivity contribution in [2.75, 3.05) is 5.43 Å². The molecule has 0 saturated heterocycles. The van der Waals surface area contributed by atoms with E-state index in [1.807, 2.05) is 24.3 Å². The highest BCUT2D eigenvalue weighted by molar-refractivity contribution is 6.03. The van der Waals surface area contributed by atoms with Crippen LogP contribution in [0.15, 0.2) is 68.5 Å². The van der Waals surface area contributed by atoms with Crippen LogP contribution in [0.25, 0.3) is 33.5 Å². The smallest absolute Gasteiger partial charge is 0.343 e. The Kier molecular flexibility index (Phi) is 4.14. The Morgan fingerprint density at radius 2 is 1.87 bits per heavy atom. The van der Waals surface area contributed by atoms with Crippen LogP contribution in [0.1, 0.15) is 21.5 Å². The molecule has 2 N–H and O–H groups in total. The molecule has 1 amide bonds. The second-order valence-corrected chi connectivity index (χ2v) is 7.22. The number of amides is 1. The van der Waals surface area contributed by atoms with E-state index in [4.69, 9.17) is 8.83 Å². The van der Waals surface area contributed by atoms with Crippen molar-refractivity contribution in [2.24, 2.45) is 0 Å². The van der Waals surface area contributed by atoms with E-state index in [1.54, 1.807) is 42.2 Å². The van der Waals surface area contributed by atoms with Crippen molar-refractivity contribution in [1.82, 2.24) is 9.66 Å². The summed E-state index contributed by atoms with van der Waals surface area (Å²) in [6, 6.07) is 14.1. The van der Waals surface area contributed by atoms with Gasteiger partial charge in [0, 0.05) is 16.5 Å². The molecule has 0 spiro atoms. The zero-order valence-electron chi connectivity index (χ0n) is 16.7. The number of hydrogen-bond acceptors (Lipinski definition) is 6. The molecule has 0 fully saturated rings. The summed E-state index contributed by atoms with van der Waals surface area (Å²) in [6.07, 6.45) is 1.55. The predicted octanol–water partition coefficient (Wildman–Crippen LogP) is 4.11. The first kappa shape index (κ1) is 18.7. The Morgan fingerprint density at radius 3 is 2.71 bits per heavy atom. The van der Waals surface area contributed by atoms with Gasteiger partial charge in [0.25, 0.3) is 5.91 Å². The number of para-hydroxylation sites is 2. The highest BCUT2D eigenvalue weighted by atomic mass is 16.4. The summed E-state index contributed by atoms with van der Waals surface area (Å²) in [5.74, 6) is 0.000996. The number of carbonyl (C=O) groups is 1. The van der Waals surface area contributed by atoms with Gasteiger partial charge in [-0.05, 0) is 50.2 Å². The van der Waals surface area contributed by atoms with E-state index in [9.17, 15) is 14.7 Å². The van der Waals surface area contributed by atoms with Gasteiger partial charge in [0.05, 0.1) is 16.6 Å². The van der Waals surface area contributed by atoms with Gasteiger partial charge in [0.1, 0.15) is 17.7 Å². The first-order valence-corrected chi connectivity index (χ1v) is 9.53. The largest absolute Gasteiger partial charge is 0.507 e. The monoisotopic (exact) mass is 415 g/mol. The van der Waals surface area contributed by atoms with Gasteiger partial charge in [-0.25, -0.2) is 14.5 Å². The minimum atomic E-state index is -0.633. The molecule has 5 rings (SSSR count). The quantitative estimate of drug-likeness (QED) is 0.459. The molecule has 8 heteroatoms. The molecule has 0 aliphatic rings. The number of furan rings is 1. The highest BCUT2D eigenvalue weighted by Crippen LogP contribution is 2.33. The number of imidazole rings is 1. The van der Waals surface area contributed by atoms with Crippen molar-refractivity contribution in [3.8, 4) is 17.3 Å². The fourth-order valence-corrected chi connectivity index (χ4v) is 3.49. The normalized spacial score (nSPS) is 11.3. The van der Waals surface area contributed by atoms with Gasteiger partial charge in [-0.2, -0.15) is 0 Å². The number of aromatic hydroxyl groups is 1. The van der Waals surface area contributed by atoms with E-state index in [0.717, 1.165) is 11.0 Å². The van der Waals surface area contributed by atoms with Crippen LogP contribution in [0, 0.1) is 13.8 Å². The molecule has 2 aromatic carbocycles. The summed E-state index contributed by atoms with van der Waals surface area (Å²) in [5.41, 5.74) is 5.21. The molecule has 0 atom stereocenters. The van der Waals surface area contributed by atoms with Crippen LogP contribution in [0.3, 0.4) is 0 Å². The molecule has 0 bridgehead atoms. The van der Waals surface area contributed by atoms with E-state index in [0.29, 0.717) is 22.1 Å². The van der Waals surface area contributed by atoms with E-state index in [1.165, 1.54) is 6.92 Å². The molecule has 0 radical (unpaired) electrons. The molecule has 5 aromatic rings. The molecule has 3 heterocycles. The first-order valence-electron chi connectivity index (χ1n) is 9.53. The number of nitrogens with zero attached hydrogens (tertiary/aromatic N) is 2. The fraction of sp³-hybridized carbons (Fsp3) is 0.0870. The number of hydrogen-bond donors (Lipinski definition) is 2. The topological polar surface area (TPSA) is 111 Å². The standard InChI is InChI=1S/C23H17N3O5/c1-12-20(27)13(2)23(29)31-21(12)19-10-15-9-14(7-8-18(15)30-19)22(28)25-26-11-24-16-5-3-4-6-17(16)26/h3-11,27H,1-2H3,(H,25,28). The maximum absolute atomic E-state index is 12.8. The van der Waals surface area contributed by atoms with E-state index >= 15 is 0 Å². The molecule has 31 heavy (non-hydrogen) atoms. The van der Waals surface area contributed by atoms with Crippen molar-refractivity contribution in [3.05, 3.63) is 82.0 Å². The third-order valence-electron chi connectivity index (χ3n) is 5.23. The zero-order valence-corrected chi connectivity index (χ0v) is 16.7. The van der Waals surface area contributed by atoms with Gasteiger partial charge in [-0.3, -0.25) is 10.2 Å². The van der Waals surface area contributed by atoms with Gasteiger partial charge in [0.2, 0.25) is 0 Å². The molecule has 154 valence electrons. The van der Waals surface area contributed by atoms with Gasteiger partial charge in [-0.15, -0.1) is 0 Å². The number of carbonyl (C=O) groups excluding carboxylic acids is 1. The Bertz CT molecular complexity index is 1540. The van der Waals surface area contributed by atoms with Gasteiger partial charge >= 0.3 is 5.63 Å². The van der Waals surface area contributed by atoms with Crippen LogP contribution >= 0.6 is 0 Å². The molecular weight excluding hydrogens is 398 g/mol. The Labute approximate surface area is 175 Å². The SMILES string of the molecule is Cc1c(-c2cc3cc(C(=O)Nn4cnc5ccccc54)ccc3o2)oc(=O)c(C)c1O. The van der Waals surface area contributed by atoms with E-state index < -0.39 is 5.63 Å². The minimum absolute atomic E-state index is 0.126. The highest BCUT2D eigenvalue weighted by Gasteiger charge is 2.19. The zero-order chi connectivity index (χ0) is 21.7. The van der Waals surface area contributed by atoms with Crippen molar-refractivity contribution in [1.29, 1.82) is 0 Å². The maximum atomic E-state index is 12.8. The third-order valence-corrected chi connectivity index (χ3v) is 5.23. The average Bonchev–Trinajstić information content (AvgIpc) is 3.38. The van der Waals surface area contributed by atoms with Crippen molar-refractivity contribution in [2.45, 2.75) is 13.8 Å². The molecule has 3 aromatic heterocycles. The molecule has 0 unspecified atom stereocenters. The maximum Gasteiger partial charge on any atom is 0.343 e. The van der Waals surface area contributed by atoms with Crippen LogP contribution in [-0.4, -0.2) is 20.7 Å². The summed E-state index contributed by atoms with van der Waals surface area (Å²) in [4.78, 5) is 29.0. The number of aromatic nitrogens is 2. The summed E-state index contributed by atoms with van der Waals surface area (Å²) in [5, 5.41) is 10.8. The summed E-state index contributed by atoms with van der Waals surface area (Å²) >= 11 is 0. The average molecular weight is 415 g/mol. The van der Waals surface area contributed by atoms with Gasteiger partial charge in [0.15, 0.2) is 11.5 Å². The van der Waals surface area contributed by atoms with Crippen LogP contribution in [0.2, 0.25) is 0 Å². The molecule has 0 aliphatic carbocycles. The Balaban J connectivity index is 1.50. The Hall–Kier alpha value is -4.33. The Morgan fingerprint density at radius 1 is 1.06 bits per heavy atom. The predicted molar refractivity (Wildman–Crippen MR) is 115 cm³/mol.